The molecule has 0 bridgehead atoms. The van der Waals surface area contributed by atoms with Crippen molar-refractivity contribution < 1.29 is 9.53 Å². The maximum atomic E-state index is 12.4. The summed E-state index contributed by atoms with van der Waals surface area (Å²) in [5.74, 6) is 0.887. The van der Waals surface area contributed by atoms with Crippen molar-refractivity contribution in [2.75, 3.05) is 39.8 Å². The lowest BCUT2D eigenvalue weighted by atomic mass is 9.94. The highest BCUT2D eigenvalue weighted by Gasteiger charge is 2.26. The smallest absolute Gasteiger partial charge is 0.317 e. The largest absolute Gasteiger partial charge is 0.496 e. The molecule has 0 unspecified atom stereocenters. The molecule has 2 amide bonds. The van der Waals surface area contributed by atoms with Crippen molar-refractivity contribution >= 4 is 6.03 Å². The Kier molecular flexibility index (Phi) is 6.56. The summed E-state index contributed by atoms with van der Waals surface area (Å²) in [5.41, 5.74) is 1.13. The molecule has 1 N–H and O–H groups in total. The van der Waals surface area contributed by atoms with Gasteiger partial charge in [-0.05, 0) is 30.9 Å². The Morgan fingerprint density at radius 3 is 2.56 bits per heavy atom. The molecule has 0 spiro atoms. The lowest BCUT2D eigenvalue weighted by molar-refractivity contribution is 0.0907. The van der Waals surface area contributed by atoms with Crippen LogP contribution in [0.4, 0.5) is 4.79 Å². The summed E-state index contributed by atoms with van der Waals surface area (Å²) in [7, 11) is 1.68. The lowest BCUT2D eigenvalue weighted by Gasteiger charge is -2.40. The highest BCUT2D eigenvalue weighted by Crippen LogP contribution is 2.23. The van der Waals surface area contributed by atoms with Gasteiger partial charge in [-0.15, -0.1) is 0 Å². The van der Waals surface area contributed by atoms with E-state index >= 15 is 0 Å². The molecule has 1 aliphatic heterocycles. The van der Waals surface area contributed by atoms with E-state index in [1.807, 2.05) is 29.2 Å². The molecule has 1 aromatic rings. The number of nitrogens with zero attached hydrogens (tertiary/aromatic N) is 2. The normalized spacial score (nSPS) is 19.6. The molecule has 1 aliphatic carbocycles. The number of piperazine rings is 1. The molecular formula is C20H31N3O2. The number of carbonyl (C=O) groups excluding carboxylic acids is 1. The number of methoxy groups -OCH3 is 1. The number of carbonyl (C=O) groups is 1. The minimum absolute atomic E-state index is 0.0678. The number of benzene rings is 1. The van der Waals surface area contributed by atoms with Crippen molar-refractivity contribution in [3.8, 4) is 5.75 Å². The van der Waals surface area contributed by atoms with Gasteiger partial charge in [-0.2, -0.15) is 0 Å². The minimum Gasteiger partial charge on any atom is -0.496 e. The fraction of sp³-hybridized carbons (Fsp3) is 0.650. The Morgan fingerprint density at radius 1 is 1.12 bits per heavy atom. The van der Waals surface area contributed by atoms with Gasteiger partial charge in [-0.1, -0.05) is 37.5 Å². The van der Waals surface area contributed by atoms with Crippen LogP contribution >= 0.6 is 0 Å². The number of rotatable bonds is 5. The van der Waals surface area contributed by atoms with E-state index in [1.54, 1.807) is 7.11 Å². The van der Waals surface area contributed by atoms with Crippen LogP contribution in [0.15, 0.2) is 24.3 Å². The summed E-state index contributed by atoms with van der Waals surface area (Å²) in [6, 6.07) is 8.80. The Bertz CT molecular complexity index is 550. The second-order valence-electron chi connectivity index (χ2n) is 7.11. The topological polar surface area (TPSA) is 44.8 Å². The molecule has 138 valence electrons. The average molecular weight is 345 g/mol. The van der Waals surface area contributed by atoms with Gasteiger partial charge >= 0.3 is 6.03 Å². The molecule has 25 heavy (non-hydrogen) atoms. The Labute approximate surface area is 151 Å². The van der Waals surface area contributed by atoms with Crippen molar-refractivity contribution in [2.24, 2.45) is 0 Å². The second-order valence-corrected chi connectivity index (χ2v) is 7.11. The third-order valence-electron chi connectivity index (χ3n) is 5.56. The molecule has 1 heterocycles. The zero-order chi connectivity index (χ0) is 17.5. The molecule has 0 atom stereocenters. The van der Waals surface area contributed by atoms with Gasteiger partial charge in [0.2, 0.25) is 0 Å². The molecule has 5 nitrogen and oxygen atoms in total. The minimum atomic E-state index is 0.0678. The van der Waals surface area contributed by atoms with Crippen molar-refractivity contribution in [1.82, 2.24) is 15.1 Å². The first-order valence-corrected chi connectivity index (χ1v) is 9.66. The fourth-order valence-corrected chi connectivity index (χ4v) is 4.06. The summed E-state index contributed by atoms with van der Waals surface area (Å²) in [6.07, 6.45) is 7.60. The van der Waals surface area contributed by atoms with Crippen LogP contribution in [0.5, 0.6) is 5.75 Å². The van der Waals surface area contributed by atoms with Crippen LogP contribution < -0.4 is 10.1 Å². The first-order chi connectivity index (χ1) is 12.3. The molecular weight excluding hydrogens is 314 g/mol. The molecule has 3 rings (SSSR count). The van der Waals surface area contributed by atoms with Gasteiger partial charge in [-0.25, -0.2) is 4.79 Å². The van der Waals surface area contributed by atoms with Crippen molar-refractivity contribution in [3.05, 3.63) is 29.8 Å². The van der Waals surface area contributed by atoms with E-state index in [9.17, 15) is 4.79 Å². The number of urea groups is 1. The van der Waals surface area contributed by atoms with Crippen LogP contribution in [-0.2, 0) is 6.42 Å². The fourth-order valence-electron chi connectivity index (χ4n) is 4.06. The summed E-state index contributed by atoms with van der Waals surface area (Å²) < 4.78 is 5.36. The maximum Gasteiger partial charge on any atom is 0.317 e. The third-order valence-corrected chi connectivity index (χ3v) is 5.56. The molecule has 0 aromatic heterocycles. The van der Waals surface area contributed by atoms with E-state index in [1.165, 1.54) is 32.1 Å². The Morgan fingerprint density at radius 2 is 1.84 bits per heavy atom. The second kappa shape index (κ2) is 9.09. The molecule has 1 aromatic carbocycles. The number of nitrogens with one attached hydrogen (secondary N) is 1. The summed E-state index contributed by atoms with van der Waals surface area (Å²) in [5, 5.41) is 3.06. The SMILES string of the molecule is COc1ccccc1CCNC(=O)N1CCN(C2CCCCC2)CC1. The van der Waals surface area contributed by atoms with Gasteiger partial charge in [0.05, 0.1) is 7.11 Å². The molecule has 2 aliphatic rings. The van der Waals surface area contributed by atoms with Crippen LogP contribution in [0, 0.1) is 0 Å². The van der Waals surface area contributed by atoms with E-state index in [-0.39, 0.29) is 6.03 Å². The number of ether oxygens (including phenoxy) is 1. The van der Waals surface area contributed by atoms with Crippen LogP contribution in [0.2, 0.25) is 0 Å². The molecule has 0 radical (unpaired) electrons. The zero-order valence-electron chi connectivity index (χ0n) is 15.4. The first-order valence-electron chi connectivity index (χ1n) is 9.66. The zero-order valence-corrected chi connectivity index (χ0v) is 15.4. The van der Waals surface area contributed by atoms with Crippen LogP contribution in [0.1, 0.15) is 37.7 Å². The van der Waals surface area contributed by atoms with Gasteiger partial charge in [0.1, 0.15) is 5.75 Å². The van der Waals surface area contributed by atoms with Gasteiger partial charge in [-0.3, -0.25) is 4.90 Å². The molecule has 1 saturated heterocycles. The maximum absolute atomic E-state index is 12.4. The molecule has 2 fully saturated rings. The number of para-hydroxylation sites is 1. The van der Waals surface area contributed by atoms with Crippen molar-refractivity contribution in [2.45, 2.75) is 44.6 Å². The first kappa shape index (κ1) is 18.1. The number of hydrogen-bond donors (Lipinski definition) is 1. The van der Waals surface area contributed by atoms with Gasteiger partial charge < -0.3 is 15.0 Å². The average Bonchev–Trinajstić information content (AvgIpc) is 2.69. The highest BCUT2D eigenvalue weighted by molar-refractivity contribution is 5.74. The van der Waals surface area contributed by atoms with E-state index in [0.717, 1.165) is 50.0 Å². The van der Waals surface area contributed by atoms with E-state index in [2.05, 4.69) is 10.2 Å². The van der Waals surface area contributed by atoms with Gasteiger partial charge in [0, 0.05) is 38.8 Å². The number of hydrogen-bond acceptors (Lipinski definition) is 3. The van der Waals surface area contributed by atoms with Crippen LogP contribution in [-0.4, -0.2) is 61.7 Å². The predicted octanol–water partition coefficient (Wildman–Crippen LogP) is 2.90. The van der Waals surface area contributed by atoms with E-state index < -0.39 is 0 Å². The lowest BCUT2D eigenvalue weighted by Crippen LogP contribution is -2.54. The summed E-state index contributed by atoms with van der Waals surface area (Å²) in [6.45, 7) is 4.37. The Balaban J connectivity index is 1.39. The van der Waals surface area contributed by atoms with Crippen LogP contribution in [0.25, 0.3) is 0 Å². The summed E-state index contributed by atoms with van der Waals surface area (Å²) in [4.78, 5) is 16.9. The predicted molar refractivity (Wildman–Crippen MR) is 100 cm³/mol. The highest BCUT2D eigenvalue weighted by atomic mass is 16.5. The monoisotopic (exact) mass is 345 g/mol. The van der Waals surface area contributed by atoms with Crippen molar-refractivity contribution in [3.63, 3.8) is 0 Å². The third kappa shape index (κ3) is 4.88. The van der Waals surface area contributed by atoms with E-state index in [0.29, 0.717) is 6.54 Å². The number of amides is 2. The van der Waals surface area contributed by atoms with Gasteiger partial charge in [0.25, 0.3) is 0 Å². The standard InChI is InChI=1S/C20H31N3O2/c1-25-19-10-6-5-7-17(19)11-12-21-20(24)23-15-13-22(14-16-23)18-8-3-2-4-9-18/h5-7,10,18H,2-4,8-9,11-16H2,1H3,(H,21,24). The van der Waals surface area contributed by atoms with E-state index in [4.69, 9.17) is 4.74 Å². The van der Waals surface area contributed by atoms with Crippen LogP contribution in [0.3, 0.4) is 0 Å². The molecule has 5 heteroatoms. The summed E-state index contributed by atoms with van der Waals surface area (Å²) >= 11 is 0. The van der Waals surface area contributed by atoms with Crippen molar-refractivity contribution in [1.29, 1.82) is 0 Å². The Hall–Kier alpha value is -1.75. The molecule has 1 saturated carbocycles. The van der Waals surface area contributed by atoms with Gasteiger partial charge in [0.15, 0.2) is 0 Å². The quantitative estimate of drug-likeness (QED) is 0.892.